The largest absolute Gasteiger partial charge is 0.442 e. The zero-order valence-electron chi connectivity index (χ0n) is 15.0. The molecule has 3 aliphatic heterocycles. The monoisotopic (exact) mass is 363 g/mol. The van der Waals surface area contributed by atoms with E-state index in [2.05, 4.69) is 14.9 Å². The lowest BCUT2D eigenvalue weighted by Crippen LogP contribution is -2.42. The van der Waals surface area contributed by atoms with Crippen LogP contribution in [0, 0.1) is 6.92 Å². The average molecular weight is 363 g/mol. The van der Waals surface area contributed by atoms with Crippen molar-refractivity contribution in [3.63, 3.8) is 0 Å². The van der Waals surface area contributed by atoms with Crippen molar-refractivity contribution in [2.45, 2.75) is 25.5 Å². The molecule has 0 bridgehead atoms. The molecule has 1 aromatic heterocycles. The highest BCUT2D eigenvalue weighted by molar-refractivity contribution is 5.91. The molecular weight excluding hydrogens is 338 g/mol. The summed E-state index contributed by atoms with van der Waals surface area (Å²) in [7, 11) is 0. The number of carbonyl (C=O) groups is 2. The van der Waals surface area contributed by atoms with Gasteiger partial charge in [0.05, 0.1) is 25.8 Å². The molecule has 3 saturated heterocycles. The molecule has 0 aromatic carbocycles. The van der Waals surface area contributed by atoms with Gasteiger partial charge < -0.3 is 19.4 Å². The number of aryl methyl sites for hydroxylation is 1. The van der Waals surface area contributed by atoms with Crippen LogP contribution in [0.5, 0.6) is 0 Å². The lowest BCUT2D eigenvalue weighted by atomic mass is 10.2. The molecule has 2 atom stereocenters. The van der Waals surface area contributed by atoms with E-state index in [1.807, 2.05) is 6.92 Å². The summed E-state index contributed by atoms with van der Waals surface area (Å²) in [5.74, 6) is 0.199. The summed E-state index contributed by atoms with van der Waals surface area (Å²) in [5.41, 5.74) is 0.851. The van der Waals surface area contributed by atoms with E-state index < -0.39 is 0 Å². The van der Waals surface area contributed by atoms with Crippen LogP contribution >= 0.6 is 0 Å². The predicted molar refractivity (Wildman–Crippen MR) is 91.9 cm³/mol. The number of nitrogens with zero attached hydrogens (tertiary/aromatic N) is 4. The van der Waals surface area contributed by atoms with Crippen LogP contribution in [0.3, 0.4) is 0 Å². The van der Waals surface area contributed by atoms with E-state index >= 15 is 0 Å². The third-order valence-corrected chi connectivity index (χ3v) is 5.29. The molecule has 0 unspecified atom stereocenters. The van der Waals surface area contributed by atoms with Gasteiger partial charge in [0.1, 0.15) is 6.10 Å². The number of H-pyrrole nitrogens is 1. The molecule has 1 aromatic rings. The Morgan fingerprint density at radius 2 is 2.12 bits per heavy atom. The van der Waals surface area contributed by atoms with Gasteiger partial charge >= 0.3 is 6.09 Å². The first kappa shape index (κ1) is 17.3. The van der Waals surface area contributed by atoms with Crippen molar-refractivity contribution >= 4 is 12.0 Å². The van der Waals surface area contributed by atoms with Crippen LogP contribution in [-0.4, -0.2) is 101 Å². The lowest BCUT2D eigenvalue weighted by molar-refractivity contribution is 0.0362. The first-order chi connectivity index (χ1) is 12.6. The number of fused-ring (bicyclic) bond motifs is 1. The summed E-state index contributed by atoms with van der Waals surface area (Å²) in [6, 6.07) is -0.0628. The number of ether oxygens (including phenoxy) is 2. The Morgan fingerprint density at radius 3 is 2.85 bits per heavy atom. The Bertz CT molecular complexity index is 672. The van der Waals surface area contributed by atoms with Gasteiger partial charge in [-0.3, -0.25) is 14.6 Å². The molecule has 4 heterocycles. The number of amides is 2. The fraction of sp³-hybridized carbons (Fsp3) is 0.706. The number of rotatable bonds is 5. The van der Waals surface area contributed by atoms with Crippen molar-refractivity contribution in [2.75, 3.05) is 52.5 Å². The van der Waals surface area contributed by atoms with Gasteiger partial charge in [-0.1, -0.05) is 0 Å². The van der Waals surface area contributed by atoms with E-state index in [4.69, 9.17) is 9.47 Å². The summed E-state index contributed by atoms with van der Waals surface area (Å²) in [6.07, 6.45) is 2.03. The molecule has 9 heteroatoms. The van der Waals surface area contributed by atoms with Crippen molar-refractivity contribution in [3.8, 4) is 0 Å². The molecule has 9 nitrogen and oxygen atoms in total. The molecule has 0 aliphatic carbocycles. The van der Waals surface area contributed by atoms with Crippen molar-refractivity contribution in [1.29, 1.82) is 0 Å². The fourth-order valence-corrected chi connectivity index (χ4v) is 3.89. The van der Waals surface area contributed by atoms with Gasteiger partial charge in [0.25, 0.3) is 5.91 Å². The fourth-order valence-electron chi connectivity index (χ4n) is 3.89. The Balaban J connectivity index is 1.31. The number of aromatic amines is 1. The summed E-state index contributed by atoms with van der Waals surface area (Å²) < 4.78 is 10.8. The average Bonchev–Trinajstić information content (AvgIpc) is 3.31. The predicted octanol–water partition coefficient (Wildman–Crippen LogP) is 0.0856. The normalized spacial score (nSPS) is 26.3. The number of hydrogen-bond acceptors (Lipinski definition) is 6. The first-order valence-electron chi connectivity index (χ1n) is 9.20. The molecule has 0 spiro atoms. The minimum absolute atomic E-state index is 0.0628. The molecule has 1 N–H and O–H groups in total. The maximum absolute atomic E-state index is 12.6. The molecular formula is C17H25N5O4. The van der Waals surface area contributed by atoms with Crippen LogP contribution in [0.1, 0.15) is 22.7 Å². The topological polar surface area (TPSA) is 91.0 Å². The first-order valence-corrected chi connectivity index (χ1v) is 9.20. The summed E-state index contributed by atoms with van der Waals surface area (Å²) in [6.45, 7) is 7.82. The maximum atomic E-state index is 12.6. The smallest absolute Gasteiger partial charge is 0.410 e. The van der Waals surface area contributed by atoms with Crippen molar-refractivity contribution < 1.29 is 19.1 Å². The van der Waals surface area contributed by atoms with Gasteiger partial charge in [-0.15, -0.1) is 0 Å². The van der Waals surface area contributed by atoms with Crippen LogP contribution in [0.2, 0.25) is 0 Å². The van der Waals surface area contributed by atoms with Crippen molar-refractivity contribution in [3.05, 3.63) is 17.7 Å². The van der Waals surface area contributed by atoms with E-state index in [1.165, 1.54) is 0 Å². The summed E-state index contributed by atoms with van der Waals surface area (Å²) in [4.78, 5) is 37.7. The van der Waals surface area contributed by atoms with Gasteiger partial charge in [0.2, 0.25) is 0 Å². The highest BCUT2D eigenvalue weighted by Crippen LogP contribution is 2.27. The maximum Gasteiger partial charge on any atom is 0.410 e. The van der Waals surface area contributed by atoms with Crippen LogP contribution in [-0.2, 0) is 9.47 Å². The number of likely N-dealkylation sites (tertiary alicyclic amines) is 1. The number of nitrogens with one attached hydrogen (secondary N) is 1. The van der Waals surface area contributed by atoms with Crippen molar-refractivity contribution in [1.82, 2.24) is 24.7 Å². The van der Waals surface area contributed by atoms with E-state index in [1.54, 1.807) is 16.0 Å². The molecule has 3 fully saturated rings. The van der Waals surface area contributed by atoms with E-state index in [0.717, 1.165) is 45.0 Å². The SMILES string of the molecule is Cc1cnc(C(=O)N2C[C@H]3OC(=O)N(CCCN4CCOCC4)[C@H]3C2)[nH]1. The van der Waals surface area contributed by atoms with Gasteiger partial charge in [-0.2, -0.15) is 0 Å². The van der Waals surface area contributed by atoms with Gasteiger partial charge in [-0.25, -0.2) is 9.78 Å². The lowest BCUT2D eigenvalue weighted by Gasteiger charge is -2.28. The standard InChI is InChI=1S/C17H25N5O4/c1-12-9-18-15(19-12)16(23)21-10-13-14(11-21)26-17(24)22(13)4-2-3-20-5-7-25-8-6-20/h9,13-14H,2-8,10-11H2,1H3,(H,18,19)/t13-,14+/m0/s1. The van der Waals surface area contributed by atoms with E-state index in [0.29, 0.717) is 25.5 Å². The Kier molecular flexibility index (Phi) is 4.82. The third-order valence-electron chi connectivity index (χ3n) is 5.29. The molecule has 142 valence electrons. The number of morpholine rings is 1. The Labute approximate surface area is 152 Å². The van der Waals surface area contributed by atoms with Crippen LogP contribution in [0.15, 0.2) is 6.20 Å². The second-order valence-corrected chi connectivity index (χ2v) is 7.12. The number of aromatic nitrogens is 2. The number of carbonyl (C=O) groups excluding carboxylic acids is 2. The molecule has 3 aliphatic rings. The number of hydrogen-bond donors (Lipinski definition) is 1. The second kappa shape index (κ2) is 7.24. The molecule has 26 heavy (non-hydrogen) atoms. The third kappa shape index (κ3) is 3.41. The van der Waals surface area contributed by atoms with E-state index in [-0.39, 0.29) is 24.1 Å². The molecule has 4 rings (SSSR count). The van der Waals surface area contributed by atoms with Crippen LogP contribution in [0.25, 0.3) is 0 Å². The van der Waals surface area contributed by atoms with E-state index in [9.17, 15) is 9.59 Å². The number of imidazole rings is 1. The highest BCUT2D eigenvalue weighted by atomic mass is 16.6. The van der Waals surface area contributed by atoms with Crippen LogP contribution < -0.4 is 0 Å². The van der Waals surface area contributed by atoms with Crippen LogP contribution in [0.4, 0.5) is 4.79 Å². The zero-order chi connectivity index (χ0) is 18.1. The Hall–Kier alpha value is -2.13. The summed E-state index contributed by atoms with van der Waals surface area (Å²) >= 11 is 0. The second-order valence-electron chi connectivity index (χ2n) is 7.12. The minimum Gasteiger partial charge on any atom is -0.442 e. The van der Waals surface area contributed by atoms with Gasteiger partial charge in [-0.05, 0) is 13.3 Å². The zero-order valence-corrected chi connectivity index (χ0v) is 15.0. The Morgan fingerprint density at radius 1 is 1.31 bits per heavy atom. The minimum atomic E-state index is -0.261. The summed E-state index contributed by atoms with van der Waals surface area (Å²) in [5, 5.41) is 0. The molecule has 0 saturated carbocycles. The highest BCUT2D eigenvalue weighted by Gasteiger charge is 2.48. The molecule has 2 amide bonds. The quantitative estimate of drug-likeness (QED) is 0.797. The van der Waals surface area contributed by atoms with Gasteiger partial charge in [0, 0.05) is 44.6 Å². The van der Waals surface area contributed by atoms with Crippen molar-refractivity contribution in [2.24, 2.45) is 0 Å². The molecule has 0 radical (unpaired) electrons. The van der Waals surface area contributed by atoms with Gasteiger partial charge in [0.15, 0.2) is 5.82 Å².